The summed E-state index contributed by atoms with van der Waals surface area (Å²) < 4.78 is 5.53. The molecule has 6 nitrogen and oxygen atoms in total. The van der Waals surface area contributed by atoms with Gasteiger partial charge in [0.25, 0.3) is 0 Å². The molecule has 0 saturated carbocycles. The minimum Gasteiger partial charge on any atom is -0.444 e. The highest BCUT2D eigenvalue weighted by molar-refractivity contribution is 7.10. The van der Waals surface area contributed by atoms with Crippen LogP contribution in [0.15, 0.2) is 26.9 Å². The smallest absolute Gasteiger partial charge is 0.216 e. The van der Waals surface area contributed by atoms with Crippen molar-refractivity contribution in [2.45, 2.75) is 39.8 Å². The molecule has 0 aliphatic carbocycles. The Bertz CT molecular complexity index is 628. The van der Waals surface area contributed by atoms with Gasteiger partial charge in [0.1, 0.15) is 17.9 Å². The molecule has 7 heteroatoms. The van der Waals surface area contributed by atoms with E-state index in [1.165, 1.54) is 11.3 Å². The maximum Gasteiger partial charge on any atom is 0.216 e. The van der Waals surface area contributed by atoms with Crippen LogP contribution >= 0.6 is 11.3 Å². The summed E-state index contributed by atoms with van der Waals surface area (Å²) in [6.07, 6.45) is 0. The van der Waals surface area contributed by atoms with Crippen LogP contribution < -0.4 is 10.6 Å². The molecular formula is C16H24N4O2S. The zero-order chi connectivity index (χ0) is 16.9. The van der Waals surface area contributed by atoms with E-state index in [1.807, 2.05) is 38.3 Å². The summed E-state index contributed by atoms with van der Waals surface area (Å²) in [5, 5.41) is 18.8. The number of nitrogens with zero attached hydrogens (tertiary/aromatic N) is 2. The zero-order valence-electron chi connectivity index (χ0n) is 14.0. The van der Waals surface area contributed by atoms with Gasteiger partial charge in [-0.25, -0.2) is 9.98 Å². The fraction of sp³-hybridized carbons (Fsp3) is 0.500. The minimum atomic E-state index is -0.944. The van der Waals surface area contributed by atoms with Crippen LogP contribution in [-0.2, 0) is 12.1 Å². The molecule has 0 bridgehead atoms. The first-order chi connectivity index (χ1) is 10.9. The summed E-state index contributed by atoms with van der Waals surface area (Å²) >= 11 is 1.53. The van der Waals surface area contributed by atoms with Crippen molar-refractivity contribution in [2.75, 3.05) is 13.1 Å². The van der Waals surface area contributed by atoms with Crippen molar-refractivity contribution in [3.63, 3.8) is 0 Å². The Kier molecular flexibility index (Phi) is 5.79. The summed E-state index contributed by atoms with van der Waals surface area (Å²) in [5.74, 6) is 2.02. The van der Waals surface area contributed by atoms with Gasteiger partial charge in [-0.3, -0.25) is 0 Å². The van der Waals surface area contributed by atoms with Crippen LogP contribution in [0.3, 0.4) is 0 Å². The molecule has 1 unspecified atom stereocenters. The number of hydrogen-bond acceptors (Lipinski definition) is 5. The third-order valence-corrected chi connectivity index (χ3v) is 4.56. The second-order valence-electron chi connectivity index (χ2n) is 5.55. The summed E-state index contributed by atoms with van der Waals surface area (Å²) in [6.45, 7) is 9.03. The van der Waals surface area contributed by atoms with Crippen LogP contribution in [0, 0.1) is 13.8 Å². The Morgan fingerprint density at radius 3 is 2.78 bits per heavy atom. The number of rotatable bonds is 6. The zero-order valence-corrected chi connectivity index (χ0v) is 14.8. The summed E-state index contributed by atoms with van der Waals surface area (Å²) in [4.78, 5) is 9.68. The lowest BCUT2D eigenvalue weighted by Crippen LogP contribution is -2.44. The lowest BCUT2D eigenvalue weighted by atomic mass is 10.1. The van der Waals surface area contributed by atoms with Gasteiger partial charge in [0.2, 0.25) is 5.89 Å². The van der Waals surface area contributed by atoms with Crippen LogP contribution in [0.1, 0.15) is 36.1 Å². The van der Waals surface area contributed by atoms with Crippen molar-refractivity contribution >= 4 is 17.3 Å². The molecule has 0 amide bonds. The first kappa shape index (κ1) is 17.5. The van der Waals surface area contributed by atoms with Crippen LogP contribution in [0.4, 0.5) is 0 Å². The summed E-state index contributed by atoms with van der Waals surface area (Å²) in [5.41, 5.74) is -0.0608. The van der Waals surface area contributed by atoms with Crippen molar-refractivity contribution in [3.8, 4) is 0 Å². The maximum absolute atomic E-state index is 10.6. The average molecular weight is 336 g/mol. The number of aromatic nitrogens is 1. The van der Waals surface area contributed by atoms with Gasteiger partial charge in [0.05, 0.1) is 12.2 Å². The monoisotopic (exact) mass is 336 g/mol. The molecule has 23 heavy (non-hydrogen) atoms. The molecule has 2 heterocycles. The second-order valence-corrected chi connectivity index (χ2v) is 6.50. The van der Waals surface area contributed by atoms with Crippen LogP contribution in [0.2, 0.25) is 0 Å². The predicted octanol–water partition coefficient (Wildman–Crippen LogP) is 2.32. The van der Waals surface area contributed by atoms with Crippen molar-refractivity contribution in [3.05, 3.63) is 39.7 Å². The number of aryl methyl sites for hydroxylation is 2. The largest absolute Gasteiger partial charge is 0.444 e. The normalized spacial score (nSPS) is 14.6. The number of nitrogens with one attached hydrogen (secondary N) is 2. The molecule has 126 valence electrons. The van der Waals surface area contributed by atoms with Gasteiger partial charge in [-0.05, 0) is 39.1 Å². The van der Waals surface area contributed by atoms with Gasteiger partial charge >= 0.3 is 0 Å². The fourth-order valence-electron chi connectivity index (χ4n) is 2.02. The average Bonchev–Trinajstić information content (AvgIpc) is 3.13. The quantitative estimate of drug-likeness (QED) is 0.557. The van der Waals surface area contributed by atoms with Crippen molar-refractivity contribution < 1.29 is 9.52 Å². The minimum absolute atomic E-state index is 0.352. The number of guanidine groups is 1. The van der Waals surface area contributed by atoms with E-state index in [4.69, 9.17) is 4.42 Å². The first-order valence-corrected chi connectivity index (χ1v) is 8.52. The van der Waals surface area contributed by atoms with Crippen LogP contribution in [0.25, 0.3) is 0 Å². The van der Waals surface area contributed by atoms with Gasteiger partial charge < -0.3 is 20.2 Å². The predicted molar refractivity (Wildman–Crippen MR) is 92.7 cm³/mol. The second kappa shape index (κ2) is 7.61. The number of oxazole rings is 1. The van der Waals surface area contributed by atoms with E-state index in [9.17, 15) is 5.11 Å². The molecule has 0 aliphatic rings. The molecule has 2 aromatic rings. The van der Waals surface area contributed by atoms with Crippen molar-refractivity contribution in [1.82, 2.24) is 15.6 Å². The molecule has 2 rings (SSSR count). The van der Waals surface area contributed by atoms with Gasteiger partial charge in [-0.2, -0.15) is 0 Å². The topological polar surface area (TPSA) is 82.7 Å². The third-order valence-electron chi connectivity index (χ3n) is 3.44. The highest BCUT2D eigenvalue weighted by atomic mass is 32.1. The Labute approximate surface area is 140 Å². The molecule has 2 aromatic heterocycles. The van der Waals surface area contributed by atoms with E-state index in [0.717, 1.165) is 22.9 Å². The van der Waals surface area contributed by atoms with E-state index in [2.05, 4.69) is 20.6 Å². The molecule has 1 atom stereocenters. The maximum atomic E-state index is 10.6. The Morgan fingerprint density at radius 1 is 1.43 bits per heavy atom. The summed E-state index contributed by atoms with van der Waals surface area (Å²) in [6, 6.07) is 3.86. The molecular weight excluding hydrogens is 312 g/mol. The number of aliphatic imine (C=N–C) groups is 1. The van der Waals surface area contributed by atoms with Crippen molar-refractivity contribution in [2.24, 2.45) is 4.99 Å². The lowest BCUT2D eigenvalue weighted by molar-refractivity contribution is 0.0655. The molecule has 0 fully saturated rings. The Morgan fingerprint density at radius 2 is 2.22 bits per heavy atom. The van der Waals surface area contributed by atoms with Crippen molar-refractivity contribution in [1.29, 1.82) is 0 Å². The number of hydrogen-bond donors (Lipinski definition) is 3. The molecule has 0 aliphatic heterocycles. The van der Waals surface area contributed by atoms with Gasteiger partial charge in [-0.1, -0.05) is 6.07 Å². The van der Waals surface area contributed by atoms with Crippen LogP contribution in [0.5, 0.6) is 0 Å². The van der Waals surface area contributed by atoms with E-state index in [0.29, 0.717) is 24.9 Å². The summed E-state index contributed by atoms with van der Waals surface area (Å²) in [7, 11) is 0. The third kappa shape index (κ3) is 4.80. The van der Waals surface area contributed by atoms with Gasteiger partial charge in [0, 0.05) is 11.4 Å². The van der Waals surface area contributed by atoms with E-state index < -0.39 is 5.60 Å². The molecule has 3 N–H and O–H groups in total. The SMILES string of the molecule is CCNC(=NCc1nc(C)c(C)o1)NCC(C)(O)c1cccs1. The Balaban J connectivity index is 1.99. The van der Waals surface area contributed by atoms with E-state index in [-0.39, 0.29) is 0 Å². The molecule has 0 saturated heterocycles. The highest BCUT2D eigenvalue weighted by Gasteiger charge is 2.24. The van der Waals surface area contributed by atoms with E-state index in [1.54, 1.807) is 6.92 Å². The lowest BCUT2D eigenvalue weighted by Gasteiger charge is -2.23. The standard InChI is InChI=1S/C16H24N4O2S/c1-5-17-15(18-9-14-20-11(2)12(3)22-14)19-10-16(4,21)13-7-6-8-23-13/h6-8,21H,5,9-10H2,1-4H3,(H2,17,18,19). The Hall–Kier alpha value is -1.86. The fourth-order valence-corrected chi connectivity index (χ4v) is 2.81. The molecule has 0 radical (unpaired) electrons. The number of thiophene rings is 1. The van der Waals surface area contributed by atoms with Gasteiger partial charge in [0.15, 0.2) is 5.96 Å². The highest BCUT2D eigenvalue weighted by Crippen LogP contribution is 2.24. The first-order valence-electron chi connectivity index (χ1n) is 7.64. The number of aliphatic hydroxyl groups is 1. The van der Waals surface area contributed by atoms with Gasteiger partial charge in [-0.15, -0.1) is 11.3 Å². The molecule has 0 aromatic carbocycles. The van der Waals surface area contributed by atoms with Crippen LogP contribution in [-0.4, -0.2) is 29.1 Å². The van der Waals surface area contributed by atoms with E-state index >= 15 is 0 Å². The molecule has 0 spiro atoms.